The lowest BCUT2D eigenvalue weighted by molar-refractivity contribution is -0.0231. The van der Waals surface area contributed by atoms with Gasteiger partial charge in [-0.3, -0.25) is 4.79 Å². The van der Waals surface area contributed by atoms with Crippen molar-refractivity contribution in [2.24, 2.45) is 0 Å². The average molecular weight is 314 g/mol. The second kappa shape index (κ2) is 5.02. The van der Waals surface area contributed by atoms with Gasteiger partial charge in [0.1, 0.15) is 0 Å². The maximum atomic E-state index is 14.0. The first-order valence-corrected chi connectivity index (χ1v) is 6.08. The molecule has 0 aliphatic carbocycles. The Morgan fingerprint density at radius 2 is 1.78 bits per heavy atom. The average Bonchev–Trinajstić information content (AvgIpc) is 2.35. The predicted molar refractivity (Wildman–Crippen MR) is 68.7 cm³/mol. The van der Waals surface area contributed by atoms with E-state index in [2.05, 4.69) is 15.9 Å². The molecule has 0 bridgehead atoms. The summed E-state index contributed by atoms with van der Waals surface area (Å²) in [5.41, 5.74) is -0.550. The maximum Gasteiger partial charge on any atom is 0.290 e. The van der Waals surface area contributed by atoms with Gasteiger partial charge in [-0.1, -0.05) is 30.3 Å². The smallest absolute Gasteiger partial charge is 0.290 e. The van der Waals surface area contributed by atoms with Crippen LogP contribution in [0.3, 0.4) is 0 Å². The van der Waals surface area contributed by atoms with Gasteiger partial charge < -0.3 is 4.57 Å². The zero-order chi connectivity index (χ0) is 13.2. The van der Waals surface area contributed by atoms with Crippen molar-refractivity contribution in [2.45, 2.75) is 12.5 Å². The van der Waals surface area contributed by atoms with Crippen LogP contribution < -0.4 is 5.56 Å². The van der Waals surface area contributed by atoms with Gasteiger partial charge in [0, 0.05) is 22.3 Å². The Morgan fingerprint density at radius 1 is 1.11 bits per heavy atom. The van der Waals surface area contributed by atoms with Gasteiger partial charge in [-0.25, -0.2) is 0 Å². The lowest BCUT2D eigenvalue weighted by Gasteiger charge is -2.18. The third-order valence-electron chi connectivity index (χ3n) is 2.51. The molecule has 0 saturated carbocycles. The zero-order valence-corrected chi connectivity index (χ0v) is 10.9. The lowest BCUT2D eigenvalue weighted by Crippen LogP contribution is -2.28. The van der Waals surface area contributed by atoms with Crippen LogP contribution >= 0.6 is 15.9 Å². The topological polar surface area (TPSA) is 22.0 Å². The van der Waals surface area contributed by atoms with Crippen molar-refractivity contribution in [1.29, 1.82) is 0 Å². The molecule has 0 fully saturated rings. The molecule has 2 aromatic rings. The van der Waals surface area contributed by atoms with Gasteiger partial charge >= 0.3 is 0 Å². The Bertz CT molecular complexity index is 595. The van der Waals surface area contributed by atoms with E-state index in [1.165, 1.54) is 30.5 Å². The summed E-state index contributed by atoms with van der Waals surface area (Å²) in [5.74, 6) is -3.08. The molecule has 1 heterocycles. The van der Waals surface area contributed by atoms with Crippen molar-refractivity contribution in [1.82, 2.24) is 4.57 Å². The summed E-state index contributed by atoms with van der Waals surface area (Å²) >= 11 is 3.16. The van der Waals surface area contributed by atoms with Gasteiger partial charge in [0.25, 0.3) is 11.5 Å². The van der Waals surface area contributed by atoms with Gasteiger partial charge in [0.2, 0.25) is 0 Å². The van der Waals surface area contributed by atoms with E-state index < -0.39 is 18.0 Å². The first kappa shape index (κ1) is 13.0. The van der Waals surface area contributed by atoms with E-state index in [1.54, 1.807) is 18.2 Å². The van der Waals surface area contributed by atoms with Gasteiger partial charge in [-0.2, -0.15) is 8.78 Å². The third kappa shape index (κ3) is 2.85. The summed E-state index contributed by atoms with van der Waals surface area (Å²) in [6.45, 7) is -0.671. The minimum Gasteiger partial charge on any atom is -0.308 e. The van der Waals surface area contributed by atoms with Crippen LogP contribution in [0.2, 0.25) is 0 Å². The van der Waals surface area contributed by atoms with Crippen LogP contribution in [0, 0.1) is 0 Å². The highest BCUT2D eigenvalue weighted by Gasteiger charge is 2.32. The molecule has 1 aromatic heterocycles. The fourth-order valence-electron chi connectivity index (χ4n) is 1.61. The predicted octanol–water partition coefficient (Wildman–Crippen LogP) is 3.40. The number of nitrogens with zero attached hydrogens (tertiary/aromatic N) is 1. The standard InChI is InChI=1S/C13H10BrF2NO/c14-11-6-7-12(18)17(8-11)9-13(15,16)10-4-2-1-3-5-10/h1-8H,9H2. The Labute approximate surface area is 111 Å². The van der Waals surface area contributed by atoms with Gasteiger partial charge in [0.15, 0.2) is 0 Å². The summed E-state index contributed by atoms with van der Waals surface area (Å²) in [6, 6.07) is 10.3. The molecule has 2 rings (SSSR count). The molecule has 1 aromatic carbocycles. The van der Waals surface area contributed by atoms with Crippen LogP contribution in [0.1, 0.15) is 5.56 Å². The third-order valence-corrected chi connectivity index (χ3v) is 2.98. The summed E-state index contributed by atoms with van der Waals surface area (Å²) in [4.78, 5) is 11.5. The zero-order valence-electron chi connectivity index (χ0n) is 9.32. The SMILES string of the molecule is O=c1ccc(Br)cn1CC(F)(F)c1ccccc1. The Hall–Kier alpha value is -1.49. The molecule has 94 valence electrons. The van der Waals surface area contributed by atoms with Crippen molar-refractivity contribution in [2.75, 3.05) is 0 Å². The molecule has 0 atom stereocenters. The minimum atomic E-state index is -3.08. The molecular weight excluding hydrogens is 304 g/mol. The first-order chi connectivity index (χ1) is 8.49. The van der Waals surface area contributed by atoms with Crippen LogP contribution in [-0.4, -0.2) is 4.57 Å². The summed E-state index contributed by atoms with van der Waals surface area (Å²) < 4.78 is 29.5. The molecule has 0 spiro atoms. The number of alkyl halides is 2. The molecule has 5 heteroatoms. The largest absolute Gasteiger partial charge is 0.308 e. The van der Waals surface area contributed by atoms with Crippen LogP contribution in [0.4, 0.5) is 8.78 Å². The molecule has 0 N–H and O–H groups in total. The molecule has 0 aliphatic heterocycles. The quantitative estimate of drug-likeness (QED) is 0.851. The Balaban J connectivity index is 2.33. The molecule has 0 radical (unpaired) electrons. The summed E-state index contributed by atoms with van der Waals surface area (Å²) in [5, 5.41) is 0. The second-order valence-electron chi connectivity index (χ2n) is 3.88. The van der Waals surface area contributed by atoms with E-state index in [0.29, 0.717) is 4.47 Å². The van der Waals surface area contributed by atoms with E-state index in [4.69, 9.17) is 0 Å². The van der Waals surface area contributed by atoms with Crippen LogP contribution in [0.15, 0.2) is 57.9 Å². The number of pyridine rings is 1. The van der Waals surface area contributed by atoms with E-state index in [0.717, 1.165) is 4.57 Å². The van der Waals surface area contributed by atoms with E-state index in [1.807, 2.05) is 0 Å². The van der Waals surface area contributed by atoms with Gasteiger partial charge in [-0.15, -0.1) is 0 Å². The highest BCUT2D eigenvalue weighted by molar-refractivity contribution is 9.10. The molecule has 2 nitrogen and oxygen atoms in total. The molecule has 0 aliphatic rings. The van der Waals surface area contributed by atoms with Gasteiger partial charge in [0.05, 0.1) is 6.54 Å². The fourth-order valence-corrected chi connectivity index (χ4v) is 1.99. The minimum absolute atomic E-state index is 0.100. The van der Waals surface area contributed by atoms with E-state index in [9.17, 15) is 13.6 Å². The number of aromatic nitrogens is 1. The number of rotatable bonds is 3. The molecular formula is C13H10BrF2NO. The summed E-state index contributed by atoms with van der Waals surface area (Å²) in [6.07, 6.45) is 1.36. The normalized spacial score (nSPS) is 11.5. The van der Waals surface area contributed by atoms with Crippen molar-refractivity contribution in [3.63, 3.8) is 0 Å². The molecule has 0 amide bonds. The van der Waals surface area contributed by atoms with Crippen molar-refractivity contribution < 1.29 is 8.78 Å². The maximum absolute atomic E-state index is 14.0. The van der Waals surface area contributed by atoms with Gasteiger partial charge in [-0.05, 0) is 22.0 Å². The van der Waals surface area contributed by atoms with Crippen molar-refractivity contribution >= 4 is 15.9 Å². The summed E-state index contributed by atoms with van der Waals surface area (Å²) in [7, 11) is 0. The lowest BCUT2D eigenvalue weighted by atomic mass is 10.1. The molecule has 0 unspecified atom stereocenters. The van der Waals surface area contributed by atoms with E-state index >= 15 is 0 Å². The molecule has 18 heavy (non-hydrogen) atoms. The highest BCUT2D eigenvalue weighted by Crippen LogP contribution is 2.29. The van der Waals surface area contributed by atoms with Crippen molar-refractivity contribution in [3.8, 4) is 0 Å². The first-order valence-electron chi connectivity index (χ1n) is 5.28. The number of hydrogen-bond acceptors (Lipinski definition) is 1. The Morgan fingerprint density at radius 3 is 2.44 bits per heavy atom. The monoisotopic (exact) mass is 313 g/mol. The van der Waals surface area contributed by atoms with Crippen LogP contribution in [0.5, 0.6) is 0 Å². The number of halogens is 3. The second-order valence-corrected chi connectivity index (χ2v) is 4.80. The fraction of sp³-hybridized carbons (Fsp3) is 0.154. The number of hydrogen-bond donors (Lipinski definition) is 0. The van der Waals surface area contributed by atoms with Crippen LogP contribution in [0.25, 0.3) is 0 Å². The Kier molecular flexibility index (Phi) is 3.61. The number of benzene rings is 1. The highest BCUT2D eigenvalue weighted by atomic mass is 79.9. The molecule has 0 saturated heterocycles. The van der Waals surface area contributed by atoms with Crippen molar-refractivity contribution in [3.05, 3.63) is 69.1 Å². The van der Waals surface area contributed by atoms with Crippen LogP contribution in [-0.2, 0) is 12.5 Å². The van der Waals surface area contributed by atoms with E-state index in [-0.39, 0.29) is 5.56 Å².